The highest BCUT2D eigenvalue weighted by molar-refractivity contribution is 6.30. The predicted octanol–water partition coefficient (Wildman–Crippen LogP) is 3.78. The average Bonchev–Trinajstić information content (AvgIpc) is 2.31. The van der Waals surface area contributed by atoms with Crippen molar-refractivity contribution in [1.29, 1.82) is 0 Å². The molecule has 0 radical (unpaired) electrons. The molecule has 100 valence electrons. The number of hydrogen-bond donors (Lipinski definition) is 1. The zero-order valence-corrected chi connectivity index (χ0v) is 11.4. The molecule has 0 unspecified atom stereocenters. The third-order valence-electron chi connectivity index (χ3n) is 3.51. The number of halogens is 2. The van der Waals surface area contributed by atoms with Gasteiger partial charge in [0, 0.05) is 0 Å². The molecular formula is C14H19ClFNO. The Labute approximate surface area is 112 Å². The molecule has 0 saturated heterocycles. The van der Waals surface area contributed by atoms with E-state index in [-0.39, 0.29) is 16.4 Å². The van der Waals surface area contributed by atoms with E-state index in [0.29, 0.717) is 0 Å². The van der Waals surface area contributed by atoms with Gasteiger partial charge in [0.15, 0.2) is 11.6 Å². The van der Waals surface area contributed by atoms with Crippen LogP contribution in [0.2, 0.25) is 5.02 Å². The second kappa shape index (κ2) is 5.89. The summed E-state index contributed by atoms with van der Waals surface area (Å²) >= 11 is 5.76. The van der Waals surface area contributed by atoms with Gasteiger partial charge >= 0.3 is 0 Å². The van der Waals surface area contributed by atoms with Crippen molar-refractivity contribution in [2.24, 2.45) is 0 Å². The van der Waals surface area contributed by atoms with Crippen LogP contribution in [0.5, 0.6) is 5.75 Å². The summed E-state index contributed by atoms with van der Waals surface area (Å²) in [5, 5.41) is 3.40. The predicted molar refractivity (Wildman–Crippen MR) is 71.8 cm³/mol. The van der Waals surface area contributed by atoms with Gasteiger partial charge in [0.25, 0.3) is 0 Å². The third kappa shape index (κ3) is 2.96. The van der Waals surface area contributed by atoms with E-state index in [9.17, 15) is 4.39 Å². The topological polar surface area (TPSA) is 21.3 Å². The van der Waals surface area contributed by atoms with Crippen LogP contribution in [-0.2, 0) is 0 Å². The van der Waals surface area contributed by atoms with Gasteiger partial charge in [0.2, 0.25) is 0 Å². The normalized spacial score (nSPS) is 17.3. The minimum Gasteiger partial charge on any atom is -0.484 e. The van der Waals surface area contributed by atoms with Gasteiger partial charge in [0.1, 0.15) is 5.60 Å². The summed E-state index contributed by atoms with van der Waals surface area (Å²) in [7, 11) is 0. The highest BCUT2D eigenvalue weighted by Gasteiger charge is 2.39. The molecule has 0 amide bonds. The van der Waals surface area contributed by atoms with Crippen molar-refractivity contribution >= 4 is 11.6 Å². The molecule has 1 aromatic carbocycles. The first kappa shape index (κ1) is 13.6. The summed E-state index contributed by atoms with van der Waals surface area (Å²) in [6.45, 7) is 3.92. The van der Waals surface area contributed by atoms with Crippen LogP contribution in [0.25, 0.3) is 0 Å². The van der Waals surface area contributed by atoms with Crippen molar-refractivity contribution in [2.45, 2.75) is 38.2 Å². The Morgan fingerprint density at radius 1 is 1.44 bits per heavy atom. The summed E-state index contributed by atoms with van der Waals surface area (Å²) in [6.07, 6.45) is 4.04. The van der Waals surface area contributed by atoms with E-state index in [1.54, 1.807) is 12.1 Å². The number of nitrogens with one attached hydrogen (secondary N) is 1. The molecule has 1 N–H and O–H groups in total. The van der Waals surface area contributed by atoms with Gasteiger partial charge in [0.05, 0.1) is 5.02 Å². The summed E-state index contributed by atoms with van der Waals surface area (Å²) in [6, 6.07) is 4.90. The van der Waals surface area contributed by atoms with Crippen LogP contribution in [0.15, 0.2) is 18.2 Å². The molecule has 0 atom stereocenters. The van der Waals surface area contributed by atoms with Crippen molar-refractivity contribution in [2.75, 3.05) is 13.1 Å². The fourth-order valence-corrected chi connectivity index (χ4v) is 2.43. The van der Waals surface area contributed by atoms with Crippen LogP contribution in [0, 0.1) is 5.82 Å². The van der Waals surface area contributed by atoms with E-state index >= 15 is 0 Å². The smallest absolute Gasteiger partial charge is 0.183 e. The average molecular weight is 272 g/mol. The lowest BCUT2D eigenvalue weighted by Crippen LogP contribution is -2.45. The number of ether oxygens (including phenoxy) is 1. The zero-order valence-electron chi connectivity index (χ0n) is 10.6. The quantitative estimate of drug-likeness (QED) is 0.795. The molecule has 0 aliphatic heterocycles. The van der Waals surface area contributed by atoms with E-state index in [0.717, 1.165) is 38.8 Å². The van der Waals surface area contributed by atoms with E-state index in [1.807, 2.05) is 0 Å². The standard InChI is InChI=1S/C14H19ClFNO/c1-2-17-10-9-14(7-4-8-14)18-12-6-3-5-11(15)13(12)16/h3,5-6,17H,2,4,7-10H2,1H3. The summed E-state index contributed by atoms with van der Waals surface area (Å²) in [5.74, 6) is -0.174. The van der Waals surface area contributed by atoms with Gasteiger partial charge < -0.3 is 10.1 Å². The second-order valence-electron chi connectivity index (χ2n) is 4.79. The molecule has 1 aromatic rings. The Bertz CT molecular complexity index is 407. The van der Waals surface area contributed by atoms with Crippen LogP contribution in [0.3, 0.4) is 0 Å². The van der Waals surface area contributed by atoms with Crippen molar-refractivity contribution < 1.29 is 9.13 Å². The Hall–Kier alpha value is -0.800. The molecule has 0 bridgehead atoms. The molecule has 0 spiro atoms. The van der Waals surface area contributed by atoms with Crippen molar-refractivity contribution in [3.8, 4) is 5.75 Å². The van der Waals surface area contributed by atoms with E-state index in [4.69, 9.17) is 16.3 Å². The van der Waals surface area contributed by atoms with E-state index in [1.165, 1.54) is 6.07 Å². The first-order chi connectivity index (χ1) is 8.67. The first-order valence-corrected chi connectivity index (χ1v) is 6.88. The Morgan fingerprint density at radius 2 is 2.22 bits per heavy atom. The maximum Gasteiger partial charge on any atom is 0.183 e. The molecule has 1 fully saturated rings. The molecule has 0 aromatic heterocycles. The number of rotatable bonds is 6. The van der Waals surface area contributed by atoms with Crippen molar-refractivity contribution in [3.63, 3.8) is 0 Å². The van der Waals surface area contributed by atoms with E-state index in [2.05, 4.69) is 12.2 Å². The molecule has 4 heteroatoms. The summed E-state index contributed by atoms with van der Waals surface area (Å²) in [5.41, 5.74) is -0.201. The lowest BCUT2D eigenvalue weighted by atomic mass is 9.77. The van der Waals surface area contributed by atoms with Gasteiger partial charge in [-0.3, -0.25) is 0 Å². The highest BCUT2D eigenvalue weighted by atomic mass is 35.5. The van der Waals surface area contributed by atoms with Gasteiger partial charge in [-0.25, -0.2) is 4.39 Å². The van der Waals surface area contributed by atoms with Gasteiger partial charge in [-0.15, -0.1) is 0 Å². The lowest BCUT2D eigenvalue weighted by molar-refractivity contribution is -0.0170. The molecule has 0 heterocycles. The zero-order chi connectivity index (χ0) is 13.0. The fraction of sp³-hybridized carbons (Fsp3) is 0.571. The number of hydrogen-bond acceptors (Lipinski definition) is 2. The van der Waals surface area contributed by atoms with Crippen molar-refractivity contribution in [1.82, 2.24) is 5.32 Å². The maximum atomic E-state index is 13.8. The minimum absolute atomic E-state index is 0.119. The molecular weight excluding hydrogens is 253 g/mol. The third-order valence-corrected chi connectivity index (χ3v) is 3.81. The first-order valence-electron chi connectivity index (χ1n) is 6.51. The Kier molecular flexibility index (Phi) is 4.46. The number of benzene rings is 1. The molecule has 1 aliphatic rings. The monoisotopic (exact) mass is 271 g/mol. The van der Waals surface area contributed by atoms with Gasteiger partial charge in [-0.2, -0.15) is 0 Å². The maximum absolute atomic E-state index is 13.8. The molecule has 18 heavy (non-hydrogen) atoms. The Balaban J connectivity index is 2.03. The largest absolute Gasteiger partial charge is 0.484 e. The minimum atomic E-state index is -0.450. The van der Waals surface area contributed by atoms with Crippen LogP contribution < -0.4 is 10.1 Å². The van der Waals surface area contributed by atoms with Crippen LogP contribution in [0.4, 0.5) is 4.39 Å². The summed E-state index contributed by atoms with van der Waals surface area (Å²) < 4.78 is 19.7. The van der Waals surface area contributed by atoms with Gasteiger partial charge in [-0.05, 0) is 50.9 Å². The molecule has 2 nitrogen and oxygen atoms in total. The Morgan fingerprint density at radius 3 is 2.83 bits per heavy atom. The highest BCUT2D eigenvalue weighted by Crippen LogP contribution is 2.40. The van der Waals surface area contributed by atoms with E-state index < -0.39 is 5.82 Å². The molecule has 1 saturated carbocycles. The SMILES string of the molecule is CCNCCC1(Oc2cccc(Cl)c2F)CCC1. The fourth-order valence-electron chi connectivity index (χ4n) is 2.26. The summed E-state index contributed by atoms with van der Waals surface area (Å²) in [4.78, 5) is 0. The molecule has 1 aliphatic carbocycles. The van der Waals surface area contributed by atoms with Crippen LogP contribution >= 0.6 is 11.6 Å². The lowest BCUT2D eigenvalue weighted by Gasteiger charge is -2.42. The van der Waals surface area contributed by atoms with Crippen LogP contribution in [-0.4, -0.2) is 18.7 Å². The van der Waals surface area contributed by atoms with Crippen LogP contribution in [0.1, 0.15) is 32.6 Å². The van der Waals surface area contributed by atoms with Gasteiger partial charge in [-0.1, -0.05) is 24.6 Å². The second-order valence-corrected chi connectivity index (χ2v) is 5.20. The van der Waals surface area contributed by atoms with Crippen molar-refractivity contribution in [3.05, 3.63) is 29.0 Å². The molecule has 2 rings (SSSR count).